The number of benzene rings is 1. The van der Waals surface area contributed by atoms with Crippen LogP contribution in [0.5, 0.6) is 0 Å². The maximum atomic E-state index is 13.8. The van der Waals surface area contributed by atoms with Crippen molar-refractivity contribution in [3.8, 4) is 6.07 Å². The number of nitrogens with one attached hydrogen (secondary N) is 2. The number of rotatable bonds is 8. The molecule has 2 fully saturated rings. The zero-order chi connectivity index (χ0) is 23.1. The molecule has 2 aliphatic carbocycles. The summed E-state index contributed by atoms with van der Waals surface area (Å²) in [5, 5.41) is 12.3. The number of nitrogens with zero attached hydrogens (tertiary/aromatic N) is 1. The van der Waals surface area contributed by atoms with E-state index in [2.05, 4.69) is 22.7 Å². The van der Waals surface area contributed by atoms with Crippen molar-refractivity contribution in [2.75, 3.05) is 10.5 Å². The molecule has 0 spiro atoms. The number of sulfonamides is 1. The molecule has 2 N–H and O–H groups in total. The highest BCUT2D eigenvalue weighted by Crippen LogP contribution is 2.56. The van der Waals surface area contributed by atoms with Crippen molar-refractivity contribution in [1.82, 2.24) is 5.32 Å². The minimum absolute atomic E-state index is 0.118. The lowest BCUT2D eigenvalue weighted by atomic mass is 9.85. The van der Waals surface area contributed by atoms with Crippen LogP contribution < -0.4 is 10.0 Å². The molecule has 1 aromatic rings. The monoisotopic (exact) mass is 455 g/mol. The summed E-state index contributed by atoms with van der Waals surface area (Å²) in [4.78, 5) is 12.9. The van der Waals surface area contributed by atoms with Gasteiger partial charge >= 0.3 is 0 Å². The van der Waals surface area contributed by atoms with E-state index in [1.54, 1.807) is 0 Å². The molecule has 0 atom stereocenters. The van der Waals surface area contributed by atoms with Crippen molar-refractivity contribution >= 4 is 21.6 Å². The van der Waals surface area contributed by atoms with Gasteiger partial charge in [0.2, 0.25) is 10.0 Å². The van der Waals surface area contributed by atoms with Gasteiger partial charge in [-0.15, -0.1) is 0 Å². The largest absolute Gasteiger partial charge is 0.346 e. The highest BCUT2D eigenvalue weighted by molar-refractivity contribution is 7.92. The van der Waals surface area contributed by atoms with Crippen LogP contribution in [0.3, 0.4) is 0 Å². The van der Waals surface area contributed by atoms with Crippen LogP contribution in [0.2, 0.25) is 0 Å². The number of fused-ring (bicyclic) bond motifs is 2. The van der Waals surface area contributed by atoms with E-state index in [4.69, 9.17) is 0 Å². The molecule has 31 heavy (non-hydrogen) atoms. The van der Waals surface area contributed by atoms with E-state index in [9.17, 15) is 31.6 Å². The first-order valence-electron chi connectivity index (χ1n) is 9.89. The van der Waals surface area contributed by atoms with Gasteiger partial charge in [-0.1, -0.05) is 6.58 Å². The van der Waals surface area contributed by atoms with E-state index >= 15 is 0 Å². The SMILES string of the molecule is C=C(C)C(F)(F)CCS(=O)(=O)Nc1cc(F)ccc1C(=O)NC12CCC(C#N)(CC1)C2. The Morgan fingerprint density at radius 2 is 1.94 bits per heavy atom. The topological polar surface area (TPSA) is 99.1 Å². The van der Waals surface area contributed by atoms with Gasteiger partial charge in [0.15, 0.2) is 0 Å². The summed E-state index contributed by atoms with van der Waals surface area (Å²) in [6.45, 7) is 4.25. The summed E-state index contributed by atoms with van der Waals surface area (Å²) in [7, 11) is -4.29. The van der Waals surface area contributed by atoms with Crippen LogP contribution in [-0.2, 0) is 10.0 Å². The first-order chi connectivity index (χ1) is 14.3. The van der Waals surface area contributed by atoms with Gasteiger partial charge in [0.1, 0.15) is 5.82 Å². The zero-order valence-corrected chi connectivity index (χ0v) is 17.9. The van der Waals surface area contributed by atoms with Crippen LogP contribution in [-0.4, -0.2) is 31.5 Å². The number of amides is 1. The molecule has 6 nitrogen and oxygen atoms in total. The number of nitriles is 1. The van der Waals surface area contributed by atoms with Crippen molar-refractivity contribution in [3.63, 3.8) is 0 Å². The third-order valence-electron chi connectivity index (χ3n) is 6.26. The third-order valence-corrected chi connectivity index (χ3v) is 7.53. The Kier molecular flexibility index (Phi) is 5.86. The molecule has 0 unspecified atom stereocenters. The number of carbonyl (C=O) groups excluding carboxylic acids is 1. The average molecular weight is 456 g/mol. The van der Waals surface area contributed by atoms with E-state index in [1.165, 1.54) is 0 Å². The Bertz CT molecular complexity index is 1060. The Balaban J connectivity index is 1.77. The molecular formula is C21H24F3N3O3S. The fourth-order valence-electron chi connectivity index (χ4n) is 4.33. The number of hydrogen-bond donors (Lipinski definition) is 2. The summed E-state index contributed by atoms with van der Waals surface area (Å²) in [6, 6.07) is 5.33. The van der Waals surface area contributed by atoms with Crippen LogP contribution in [0, 0.1) is 22.6 Å². The number of carbonyl (C=O) groups is 1. The van der Waals surface area contributed by atoms with Crippen molar-refractivity contribution in [2.24, 2.45) is 5.41 Å². The third kappa shape index (κ3) is 4.87. The predicted molar refractivity (Wildman–Crippen MR) is 110 cm³/mol. The van der Waals surface area contributed by atoms with Crippen molar-refractivity contribution in [2.45, 2.75) is 56.9 Å². The minimum Gasteiger partial charge on any atom is -0.346 e. The van der Waals surface area contributed by atoms with Gasteiger partial charge < -0.3 is 5.32 Å². The maximum absolute atomic E-state index is 13.8. The summed E-state index contributed by atoms with van der Waals surface area (Å²) in [6.07, 6.45) is 2.12. The second-order valence-electron chi connectivity index (χ2n) is 8.65. The van der Waals surface area contributed by atoms with Crippen LogP contribution in [0.4, 0.5) is 18.9 Å². The summed E-state index contributed by atoms with van der Waals surface area (Å²) >= 11 is 0. The highest BCUT2D eigenvalue weighted by Gasteiger charge is 2.55. The lowest BCUT2D eigenvalue weighted by Crippen LogP contribution is -2.45. The quantitative estimate of drug-likeness (QED) is 0.576. The number of halogens is 3. The van der Waals surface area contributed by atoms with Gasteiger partial charge in [-0.2, -0.15) is 5.26 Å². The van der Waals surface area contributed by atoms with E-state index in [0.29, 0.717) is 32.1 Å². The summed E-state index contributed by atoms with van der Waals surface area (Å²) < 4.78 is 68.0. The molecule has 0 aliphatic heterocycles. The highest BCUT2D eigenvalue weighted by atomic mass is 32.2. The Hall–Kier alpha value is -2.54. The Morgan fingerprint density at radius 3 is 2.48 bits per heavy atom. The Labute approximate surface area is 179 Å². The fourth-order valence-corrected chi connectivity index (χ4v) is 5.46. The molecule has 3 rings (SSSR count). The van der Waals surface area contributed by atoms with Gasteiger partial charge in [0.05, 0.1) is 28.5 Å². The minimum atomic E-state index is -4.29. The van der Waals surface area contributed by atoms with Gasteiger partial charge in [-0.05, 0) is 62.8 Å². The molecule has 0 aromatic heterocycles. The fraction of sp³-hybridized carbons (Fsp3) is 0.524. The lowest BCUT2D eigenvalue weighted by molar-refractivity contribution is 0.0390. The molecule has 1 amide bonds. The van der Waals surface area contributed by atoms with E-state index < -0.39 is 56.4 Å². The molecule has 1 aromatic carbocycles. The van der Waals surface area contributed by atoms with Gasteiger partial charge in [-0.3, -0.25) is 9.52 Å². The van der Waals surface area contributed by atoms with Gasteiger partial charge in [0.25, 0.3) is 11.8 Å². The van der Waals surface area contributed by atoms with Crippen LogP contribution in [0.1, 0.15) is 55.8 Å². The molecular weight excluding hydrogens is 431 g/mol. The van der Waals surface area contributed by atoms with Crippen molar-refractivity contribution < 1.29 is 26.4 Å². The van der Waals surface area contributed by atoms with Crippen molar-refractivity contribution in [1.29, 1.82) is 5.26 Å². The molecule has 0 saturated heterocycles. The number of alkyl halides is 2. The average Bonchev–Trinajstić information content (AvgIpc) is 3.22. The molecule has 0 radical (unpaired) electrons. The molecule has 2 aliphatic rings. The standard InChI is InChI=1S/C21H24F3N3O3S/c1-14(2)21(23,24)9-10-31(29,30)27-17-11-15(22)3-4-16(17)18(28)26-20-7-5-19(12-20,13-25)6-8-20/h3-4,11,27H,1,5-10,12H2,2H3,(H,26,28). The van der Waals surface area contributed by atoms with Gasteiger partial charge in [-0.25, -0.2) is 21.6 Å². The first-order valence-corrected chi connectivity index (χ1v) is 11.5. The smallest absolute Gasteiger partial charge is 0.269 e. The second-order valence-corrected chi connectivity index (χ2v) is 10.5. The first kappa shape index (κ1) is 23.1. The van der Waals surface area contributed by atoms with Gasteiger partial charge in [0, 0.05) is 12.0 Å². The number of allylic oxidation sites excluding steroid dienone is 1. The zero-order valence-electron chi connectivity index (χ0n) is 17.1. The number of anilines is 1. The van der Waals surface area contributed by atoms with E-state index in [-0.39, 0.29) is 11.3 Å². The maximum Gasteiger partial charge on any atom is 0.269 e. The van der Waals surface area contributed by atoms with E-state index in [1.807, 2.05) is 0 Å². The number of hydrogen-bond acceptors (Lipinski definition) is 4. The molecule has 2 saturated carbocycles. The van der Waals surface area contributed by atoms with Crippen LogP contribution in [0.25, 0.3) is 0 Å². The second kappa shape index (κ2) is 7.86. The molecule has 168 valence electrons. The van der Waals surface area contributed by atoms with Crippen LogP contribution in [0.15, 0.2) is 30.4 Å². The van der Waals surface area contributed by atoms with E-state index in [0.717, 1.165) is 25.1 Å². The summed E-state index contributed by atoms with van der Waals surface area (Å²) in [5.41, 5.74) is -1.91. The predicted octanol–water partition coefficient (Wildman–Crippen LogP) is 4.13. The van der Waals surface area contributed by atoms with Crippen molar-refractivity contribution in [3.05, 3.63) is 41.7 Å². The molecule has 10 heteroatoms. The normalized spacial score (nSPS) is 25.1. The lowest BCUT2D eigenvalue weighted by Gasteiger charge is -2.28. The summed E-state index contributed by atoms with van der Waals surface area (Å²) in [5.74, 6) is -5.70. The molecule has 2 bridgehead atoms. The molecule has 0 heterocycles. The van der Waals surface area contributed by atoms with Crippen LogP contribution >= 0.6 is 0 Å². The Morgan fingerprint density at radius 1 is 1.29 bits per heavy atom.